The molecule has 2 aromatic rings. The summed E-state index contributed by atoms with van der Waals surface area (Å²) in [5, 5.41) is 3.08. The first kappa shape index (κ1) is 23.4. The molecular weight excluding hydrogens is 419 g/mol. The molecule has 3 atom stereocenters. The van der Waals surface area contributed by atoms with Gasteiger partial charge in [0.2, 0.25) is 11.8 Å². The van der Waals surface area contributed by atoms with E-state index in [2.05, 4.69) is 16.2 Å². The van der Waals surface area contributed by atoms with Crippen molar-refractivity contribution in [2.24, 2.45) is 11.3 Å². The highest BCUT2D eigenvalue weighted by Gasteiger charge is 2.48. The van der Waals surface area contributed by atoms with Crippen LogP contribution < -0.4 is 16.2 Å². The molecule has 33 heavy (non-hydrogen) atoms. The summed E-state index contributed by atoms with van der Waals surface area (Å²) in [7, 11) is 0. The van der Waals surface area contributed by atoms with Crippen LogP contribution in [0.3, 0.4) is 0 Å². The Balaban J connectivity index is 1.65. The molecule has 2 aliphatic rings. The maximum atomic E-state index is 14.6. The maximum absolute atomic E-state index is 14.6. The molecule has 0 radical (unpaired) electrons. The smallest absolute Gasteiger partial charge is 0.228 e. The lowest BCUT2D eigenvalue weighted by Gasteiger charge is -2.31. The molecule has 2 aliphatic heterocycles. The molecule has 7 heteroatoms. The van der Waals surface area contributed by atoms with Crippen LogP contribution in [0.2, 0.25) is 0 Å². The Morgan fingerprint density at radius 1 is 1.15 bits per heavy atom. The molecule has 2 saturated heterocycles. The van der Waals surface area contributed by atoms with Gasteiger partial charge in [0.05, 0.1) is 11.3 Å². The van der Waals surface area contributed by atoms with Gasteiger partial charge in [0.1, 0.15) is 5.82 Å². The summed E-state index contributed by atoms with van der Waals surface area (Å²) < 4.78 is 14.6. The van der Waals surface area contributed by atoms with Crippen LogP contribution in [-0.2, 0) is 16.0 Å². The number of amides is 2. The molecular formula is C26H33FN4O2. The SMILES string of the molecule is CC(C)NC(=O)C1(Cc2ccccc2-c2ccccc2F)CCN(C(=O)C2CNNC2C)C1. The third kappa shape index (κ3) is 4.80. The summed E-state index contributed by atoms with van der Waals surface area (Å²) in [6.45, 7) is 7.34. The lowest BCUT2D eigenvalue weighted by Crippen LogP contribution is -2.48. The highest BCUT2D eigenvalue weighted by molar-refractivity contribution is 5.87. The monoisotopic (exact) mass is 452 g/mol. The summed E-state index contributed by atoms with van der Waals surface area (Å²) in [6, 6.07) is 14.4. The molecule has 0 spiro atoms. The van der Waals surface area contributed by atoms with E-state index < -0.39 is 5.41 Å². The van der Waals surface area contributed by atoms with Gasteiger partial charge in [0.15, 0.2) is 0 Å². The number of carbonyl (C=O) groups is 2. The predicted molar refractivity (Wildman–Crippen MR) is 127 cm³/mol. The van der Waals surface area contributed by atoms with E-state index in [1.807, 2.05) is 56.0 Å². The summed E-state index contributed by atoms with van der Waals surface area (Å²) in [5.41, 5.74) is 7.62. The highest BCUT2D eigenvalue weighted by Crippen LogP contribution is 2.39. The number of hydrogen-bond donors (Lipinski definition) is 3. The van der Waals surface area contributed by atoms with Crippen LogP contribution >= 0.6 is 0 Å². The quantitative estimate of drug-likeness (QED) is 0.630. The van der Waals surface area contributed by atoms with Crippen molar-refractivity contribution in [1.29, 1.82) is 0 Å². The average molecular weight is 453 g/mol. The van der Waals surface area contributed by atoms with Gasteiger partial charge in [-0.05, 0) is 50.8 Å². The standard InChI is InChI=1S/C26H33FN4O2/c1-17(2)29-25(33)26(12-13-31(16-26)24(32)22-15-28-30-18(22)3)14-19-8-4-5-9-20(19)21-10-6-7-11-23(21)27/h4-11,17-18,22,28,30H,12-16H2,1-3H3,(H,29,33). The number of nitrogens with one attached hydrogen (secondary N) is 3. The molecule has 2 aromatic carbocycles. The van der Waals surface area contributed by atoms with E-state index in [-0.39, 0.29) is 35.6 Å². The summed E-state index contributed by atoms with van der Waals surface area (Å²) >= 11 is 0. The zero-order chi connectivity index (χ0) is 23.6. The van der Waals surface area contributed by atoms with E-state index >= 15 is 0 Å². The second kappa shape index (κ2) is 9.61. The molecule has 2 heterocycles. The largest absolute Gasteiger partial charge is 0.353 e. The first-order valence-corrected chi connectivity index (χ1v) is 11.7. The van der Waals surface area contributed by atoms with Crippen LogP contribution in [0.5, 0.6) is 0 Å². The fourth-order valence-electron chi connectivity index (χ4n) is 5.01. The second-order valence-corrected chi connectivity index (χ2v) is 9.65. The Hall–Kier alpha value is -2.77. The van der Waals surface area contributed by atoms with Crippen LogP contribution in [0.25, 0.3) is 11.1 Å². The third-order valence-corrected chi connectivity index (χ3v) is 6.85. The van der Waals surface area contributed by atoms with Crippen molar-refractivity contribution in [2.75, 3.05) is 19.6 Å². The molecule has 0 saturated carbocycles. The van der Waals surface area contributed by atoms with Gasteiger partial charge in [0.25, 0.3) is 0 Å². The maximum Gasteiger partial charge on any atom is 0.228 e. The second-order valence-electron chi connectivity index (χ2n) is 9.65. The van der Waals surface area contributed by atoms with Crippen molar-refractivity contribution >= 4 is 11.8 Å². The van der Waals surface area contributed by atoms with Crippen LogP contribution in [-0.4, -0.2) is 48.4 Å². The van der Waals surface area contributed by atoms with Gasteiger partial charge in [-0.25, -0.2) is 4.39 Å². The van der Waals surface area contributed by atoms with Crippen molar-refractivity contribution < 1.29 is 14.0 Å². The minimum absolute atomic E-state index is 0.0100. The number of nitrogens with zero attached hydrogens (tertiary/aromatic N) is 1. The molecule has 176 valence electrons. The molecule has 3 N–H and O–H groups in total. The summed E-state index contributed by atoms with van der Waals surface area (Å²) in [5.74, 6) is -0.419. The van der Waals surface area contributed by atoms with Crippen molar-refractivity contribution in [3.05, 3.63) is 59.9 Å². The van der Waals surface area contributed by atoms with Gasteiger partial charge in [-0.15, -0.1) is 0 Å². The number of rotatable bonds is 6. The molecule has 6 nitrogen and oxygen atoms in total. The molecule has 2 fully saturated rings. The highest BCUT2D eigenvalue weighted by atomic mass is 19.1. The van der Waals surface area contributed by atoms with E-state index in [0.717, 1.165) is 11.1 Å². The first-order valence-electron chi connectivity index (χ1n) is 11.7. The Bertz CT molecular complexity index is 1030. The molecule has 0 bridgehead atoms. The van der Waals surface area contributed by atoms with E-state index in [9.17, 15) is 14.0 Å². The van der Waals surface area contributed by atoms with Crippen LogP contribution in [0, 0.1) is 17.2 Å². The molecule has 0 aromatic heterocycles. The average Bonchev–Trinajstić information content (AvgIpc) is 3.41. The fourth-order valence-corrected chi connectivity index (χ4v) is 5.01. The molecule has 4 rings (SSSR count). The zero-order valence-corrected chi connectivity index (χ0v) is 19.5. The topological polar surface area (TPSA) is 73.5 Å². The number of carbonyl (C=O) groups excluding carboxylic acids is 2. The lowest BCUT2D eigenvalue weighted by molar-refractivity contribution is -0.136. The van der Waals surface area contributed by atoms with E-state index in [0.29, 0.717) is 38.0 Å². The minimum Gasteiger partial charge on any atom is -0.353 e. The molecule has 2 amide bonds. The minimum atomic E-state index is -0.760. The van der Waals surface area contributed by atoms with Crippen molar-refractivity contribution in [3.8, 4) is 11.1 Å². The van der Waals surface area contributed by atoms with E-state index in [1.165, 1.54) is 6.07 Å². The summed E-state index contributed by atoms with van der Waals surface area (Å²) in [6.07, 6.45) is 1.02. The Morgan fingerprint density at radius 2 is 1.85 bits per heavy atom. The number of hydrogen-bond acceptors (Lipinski definition) is 4. The third-order valence-electron chi connectivity index (χ3n) is 6.85. The van der Waals surface area contributed by atoms with Crippen molar-refractivity contribution in [3.63, 3.8) is 0 Å². The van der Waals surface area contributed by atoms with Crippen LogP contribution in [0.1, 0.15) is 32.8 Å². The van der Waals surface area contributed by atoms with Gasteiger partial charge in [-0.1, -0.05) is 42.5 Å². The molecule has 0 aliphatic carbocycles. The fraction of sp³-hybridized carbons (Fsp3) is 0.462. The first-order chi connectivity index (χ1) is 15.8. The normalized spacial score (nSPS) is 24.9. The van der Waals surface area contributed by atoms with Gasteiger partial charge in [0, 0.05) is 37.3 Å². The number of halogens is 1. The van der Waals surface area contributed by atoms with Gasteiger partial charge in [-0.3, -0.25) is 20.4 Å². The van der Waals surface area contributed by atoms with Gasteiger partial charge < -0.3 is 10.2 Å². The Labute approximate surface area is 194 Å². The predicted octanol–water partition coefficient (Wildman–Crippen LogP) is 2.89. The van der Waals surface area contributed by atoms with Crippen molar-refractivity contribution in [2.45, 2.75) is 45.7 Å². The van der Waals surface area contributed by atoms with E-state index in [1.54, 1.807) is 12.1 Å². The van der Waals surface area contributed by atoms with Gasteiger partial charge >= 0.3 is 0 Å². The number of likely N-dealkylation sites (tertiary alicyclic amines) is 1. The number of benzene rings is 2. The Morgan fingerprint density at radius 3 is 2.52 bits per heavy atom. The Kier molecular flexibility index (Phi) is 6.81. The van der Waals surface area contributed by atoms with Crippen molar-refractivity contribution in [1.82, 2.24) is 21.1 Å². The zero-order valence-electron chi connectivity index (χ0n) is 19.5. The summed E-state index contributed by atoms with van der Waals surface area (Å²) in [4.78, 5) is 28.6. The number of hydrazine groups is 1. The van der Waals surface area contributed by atoms with Crippen LogP contribution in [0.15, 0.2) is 48.5 Å². The van der Waals surface area contributed by atoms with E-state index in [4.69, 9.17) is 0 Å². The van der Waals surface area contributed by atoms with Crippen LogP contribution in [0.4, 0.5) is 4.39 Å². The lowest BCUT2D eigenvalue weighted by atomic mass is 9.78. The van der Waals surface area contributed by atoms with Gasteiger partial charge in [-0.2, -0.15) is 0 Å². The molecule has 3 unspecified atom stereocenters.